The Morgan fingerprint density at radius 1 is 1.53 bits per heavy atom. The molecule has 0 aliphatic rings. The maximum absolute atomic E-state index is 10.2. The molecule has 2 aromatic rings. The summed E-state index contributed by atoms with van der Waals surface area (Å²) in [7, 11) is 0. The first-order valence-corrected chi connectivity index (χ1v) is 6.14. The van der Waals surface area contributed by atoms with E-state index < -0.39 is 5.97 Å². The number of halogens is 1. The smallest absolute Gasteiger partial charge is 0.329 e. The molecular weight excluding hydrogens is 312 g/mol. The number of carboxylic acid groups (broad SMARTS) is 1. The highest BCUT2D eigenvalue weighted by molar-refractivity contribution is 9.11. The lowest BCUT2D eigenvalue weighted by molar-refractivity contribution is -0.142. The van der Waals surface area contributed by atoms with E-state index in [4.69, 9.17) is 14.3 Å². The van der Waals surface area contributed by atoms with Crippen molar-refractivity contribution in [2.24, 2.45) is 0 Å². The van der Waals surface area contributed by atoms with Crippen molar-refractivity contribution >= 4 is 33.2 Å². The van der Waals surface area contributed by atoms with Gasteiger partial charge in [-0.05, 0) is 28.1 Å². The van der Waals surface area contributed by atoms with Gasteiger partial charge in [0.15, 0.2) is 0 Å². The Labute approximate surface area is 108 Å². The predicted molar refractivity (Wildman–Crippen MR) is 62.6 cm³/mol. The molecule has 2 aromatic heterocycles. The molecular formula is C9H7BrN2O4S. The number of aromatic nitrogens is 2. The van der Waals surface area contributed by atoms with E-state index in [0.717, 1.165) is 8.66 Å². The Morgan fingerprint density at radius 3 is 3.00 bits per heavy atom. The lowest BCUT2D eigenvalue weighted by Crippen LogP contribution is -2.06. The Bertz CT molecular complexity index is 525. The monoisotopic (exact) mass is 318 g/mol. The summed E-state index contributed by atoms with van der Waals surface area (Å²) in [6.45, 7) is -0.395. The number of aliphatic carboxylic acids is 1. The minimum absolute atomic E-state index is 0.00809. The quantitative estimate of drug-likeness (QED) is 0.909. The van der Waals surface area contributed by atoms with Crippen molar-refractivity contribution in [1.82, 2.24) is 10.2 Å². The summed E-state index contributed by atoms with van der Waals surface area (Å²) in [5.74, 6) is -0.382. The van der Waals surface area contributed by atoms with Crippen molar-refractivity contribution in [3.8, 4) is 10.8 Å². The zero-order valence-electron chi connectivity index (χ0n) is 8.42. The SMILES string of the molecule is O=C(O)COCc1nnc(-c2ccc(Br)s2)o1. The van der Waals surface area contributed by atoms with Crippen LogP contribution in [0.25, 0.3) is 10.8 Å². The van der Waals surface area contributed by atoms with E-state index >= 15 is 0 Å². The molecule has 0 aliphatic carbocycles. The second kappa shape index (κ2) is 5.39. The van der Waals surface area contributed by atoms with Crippen LogP contribution in [-0.2, 0) is 16.1 Å². The molecule has 90 valence electrons. The largest absolute Gasteiger partial charge is 0.480 e. The van der Waals surface area contributed by atoms with Crippen LogP contribution in [0.4, 0.5) is 0 Å². The van der Waals surface area contributed by atoms with Gasteiger partial charge in [0, 0.05) is 0 Å². The van der Waals surface area contributed by atoms with Gasteiger partial charge in [0.2, 0.25) is 5.89 Å². The first-order chi connectivity index (χ1) is 8.15. The molecule has 0 aromatic carbocycles. The Morgan fingerprint density at radius 2 is 2.35 bits per heavy atom. The van der Waals surface area contributed by atoms with E-state index in [1.165, 1.54) is 11.3 Å². The number of rotatable bonds is 5. The molecule has 0 radical (unpaired) electrons. The molecule has 0 aliphatic heterocycles. The minimum Gasteiger partial charge on any atom is -0.480 e. The van der Waals surface area contributed by atoms with Gasteiger partial charge in [-0.25, -0.2) is 4.79 Å². The molecule has 2 heterocycles. The number of thiophene rings is 1. The van der Waals surface area contributed by atoms with Crippen LogP contribution in [0.5, 0.6) is 0 Å². The minimum atomic E-state index is -1.04. The first-order valence-electron chi connectivity index (χ1n) is 4.53. The molecule has 0 amide bonds. The number of nitrogens with zero attached hydrogens (tertiary/aromatic N) is 2. The molecule has 0 unspecified atom stereocenters. The van der Waals surface area contributed by atoms with Gasteiger partial charge in [-0.3, -0.25) is 0 Å². The topological polar surface area (TPSA) is 85.5 Å². The summed E-state index contributed by atoms with van der Waals surface area (Å²) in [6, 6.07) is 3.73. The predicted octanol–water partition coefficient (Wildman–Crippen LogP) is 2.16. The van der Waals surface area contributed by atoms with Gasteiger partial charge < -0.3 is 14.3 Å². The van der Waals surface area contributed by atoms with Crippen molar-refractivity contribution in [3.05, 3.63) is 21.8 Å². The molecule has 0 atom stereocenters. The number of hydrogen-bond acceptors (Lipinski definition) is 6. The van der Waals surface area contributed by atoms with Gasteiger partial charge in [-0.15, -0.1) is 21.5 Å². The van der Waals surface area contributed by atoms with E-state index in [-0.39, 0.29) is 19.1 Å². The molecule has 6 nitrogen and oxygen atoms in total. The molecule has 2 rings (SSSR count). The number of carboxylic acids is 1. The van der Waals surface area contributed by atoms with Gasteiger partial charge in [0.1, 0.15) is 13.2 Å². The summed E-state index contributed by atoms with van der Waals surface area (Å²) in [5, 5.41) is 16.0. The lowest BCUT2D eigenvalue weighted by atomic mass is 10.5. The molecule has 17 heavy (non-hydrogen) atoms. The van der Waals surface area contributed by atoms with Crippen molar-refractivity contribution in [2.75, 3.05) is 6.61 Å². The van der Waals surface area contributed by atoms with Gasteiger partial charge in [-0.2, -0.15) is 0 Å². The van der Waals surface area contributed by atoms with E-state index in [0.29, 0.717) is 5.89 Å². The molecule has 8 heteroatoms. The number of carbonyl (C=O) groups is 1. The van der Waals surface area contributed by atoms with Crippen LogP contribution in [0.1, 0.15) is 5.89 Å². The van der Waals surface area contributed by atoms with Crippen molar-refractivity contribution in [3.63, 3.8) is 0 Å². The maximum atomic E-state index is 10.2. The van der Waals surface area contributed by atoms with E-state index in [2.05, 4.69) is 26.1 Å². The molecule has 0 spiro atoms. The zero-order chi connectivity index (χ0) is 12.3. The number of ether oxygens (including phenoxy) is 1. The standard InChI is InChI=1S/C9H7BrN2O4S/c10-6-2-1-5(17-6)9-12-11-7(16-9)3-15-4-8(13)14/h1-2H,3-4H2,(H,13,14). The summed E-state index contributed by atoms with van der Waals surface area (Å²) in [6.07, 6.45) is 0. The van der Waals surface area contributed by atoms with Crippen molar-refractivity contribution in [2.45, 2.75) is 6.61 Å². The lowest BCUT2D eigenvalue weighted by Gasteiger charge is -1.94. The van der Waals surface area contributed by atoms with Crippen LogP contribution in [0.3, 0.4) is 0 Å². The van der Waals surface area contributed by atoms with Crippen molar-refractivity contribution < 1.29 is 19.1 Å². The van der Waals surface area contributed by atoms with E-state index in [9.17, 15) is 4.79 Å². The van der Waals surface area contributed by atoms with Crippen LogP contribution < -0.4 is 0 Å². The van der Waals surface area contributed by atoms with Crippen LogP contribution >= 0.6 is 27.3 Å². The third kappa shape index (κ3) is 3.35. The fourth-order valence-corrected chi connectivity index (χ4v) is 2.37. The third-order valence-corrected chi connectivity index (χ3v) is 3.31. The van der Waals surface area contributed by atoms with Crippen molar-refractivity contribution in [1.29, 1.82) is 0 Å². The molecule has 0 fully saturated rings. The second-order valence-corrected chi connectivity index (χ2v) is 5.45. The molecule has 0 saturated carbocycles. The summed E-state index contributed by atoms with van der Waals surface area (Å²) >= 11 is 4.80. The number of hydrogen-bond donors (Lipinski definition) is 1. The van der Waals surface area contributed by atoms with Crippen LogP contribution in [0.2, 0.25) is 0 Å². The molecule has 1 N–H and O–H groups in total. The summed E-state index contributed by atoms with van der Waals surface area (Å²) < 4.78 is 11.1. The van der Waals surface area contributed by atoms with Gasteiger partial charge >= 0.3 is 5.97 Å². The molecule has 0 bridgehead atoms. The fourth-order valence-electron chi connectivity index (χ4n) is 1.07. The second-order valence-electron chi connectivity index (χ2n) is 2.99. The van der Waals surface area contributed by atoms with Crippen LogP contribution in [0.15, 0.2) is 20.3 Å². The van der Waals surface area contributed by atoms with Gasteiger partial charge in [0.25, 0.3) is 5.89 Å². The molecule has 0 saturated heterocycles. The van der Waals surface area contributed by atoms with Gasteiger partial charge in [-0.1, -0.05) is 0 Å². The normalized spacial score (nSPS) is 10.6. The highest BCUT2D eigenvalue weighted by Gasteiger charge is 2.11. The van der Waals surface area contributed by atoms with Crippen LogP contribution in [0, 0.1) is 0 Å². The van der Waals surface area contributed by atoms with Gasteiger partial charge in [0.05, 0.1) is 8.66 Å². The Balaban J connectivity index is 1.98. The highest BCUT2D eigenvalue weighted by Crippen LogP contribution is 2.30. The van der Waals surface area contributed by atoms with E-state index in [1.54, 1.807) is 0 Å². The average molecular weight is 319 g/mol. The van der Waals surface area contributed by atoms with E-state index in [1.807, 2.05) is 12.1 Å². The summed E-state index contributed by atoms with van der Waals surface area (Å²) in [5.41, 5.74) is 0. The Kier molecular flexibility index (Phi) is 3.87. The third-order valence-electron chi connectivity index (χ3n) is 1.70. The fraction of sp³-hybridized carbons (Fsp3) is 0.222. The first kappa shape index (κ1) is 12.2. The highest BCUT2D eigenvalue weighted by atomic mass is 79.9. The van der Waals surface area contributed by atoms with Crippen LogP contribution in [-0.4, -0.2) is 27.9 Å². The maximum Gasteiger partial charge on any atom is 0.329 e. The average Bonchev–Trinajstić information content (AvgIpc) is 2.86. The Hall–Kier alpha value is -1.25. The zero-order valence-corrected chi connectivity index (χ0v) is 10.8. The summed E-state index contributed by atoms with van der Waals surface area (Å²) in [4.78, 5) is 11.1.